The number of nitrogens with zero attached hydrogens (tertiary/aromatic N) is 1. The molecule has 130 valence electrons. The molecule has 25 heavy (non-hydrogen) atoms. The summed E-state index contributed by atoms with van der Waals surface area (Å²) in [6, 6.07) is 13.7. The predicted octanol–water partition coefficient (Wildman–Crippen LogP) is 4.24. The maximum atomic E-state index is 12.6. The number of nitrogens with one attached hydrogen (secondary N) is 1. The second kappa shape index (κ2) is 8.58. The highest BCUT2D eigenvalue weighted by Crippen LogP contribution is 2.29. The van der Waals surface area contributed by atoms with Gasteiger partial charge < -0.3 is 5.32 Å². The van der Waals surface area contributed by atoms with Crippen LogP contribution in [0.4, 0.5) is 13.2 Å². The van der Waals surface area contributed by atoms with Crippen LogP contribution in [0.15, 0.2) is 48.5 Å². The Bertz CT molecular complexity index is 784. The van der Waals surface area contributed by atoms with Crippen LogP contribution in [0, 0.1) is 11.3 Å². The number of hydrogen-bond donors (Lipinski definition) is 1. The van der Waals surface area contributed by atoms with Crippen molar-refractivity contribution in [2.45, 2.75) is 11.9 Å². The fraction of sp³-hybridized carbons (Fsp3) is 0.222. The Morgan fingerprint density at radius 3 is 2.64 bits per heavy atom. The first kappa shape index (κ1) is 18.9. The van der Waals surface area contributed by atoms with Crippen LogP contribution in [0.2, 0.25) is 0 Å². The summed E-state index contributed by atoms with van der Waals surface area (Å²) in [5.74, 6) is 0.678. The summed E-state index contributed by atoms with van der Waals surface area (Å²) in [4.78, 5) is 11.9. The molecule has 0 spiro atoms. The molecule has 0 aliphatic heterocycles. The summed E-state index contributed by atoms with van der Waals surface area (Å²) >= 11 is 1.53. The molecule has 0 aromatic heterocycles. The third-order valence-corrected chi connectivity index (χ3v) is 4.39. The summed E-state index contributed by atoms with van der Waals surface area (Å²) in [5, 5.41) is 11.6. The number of benzene rings is 2. The second-order valence-corrected chi connectivity index (χ2v) is 6.26. The van der Waals surface area contributed by atoms with E-state index < -0.39 is 17.6 Å². The van der Waals surface area contributed by atoms with Gasteiger partial charge in [0.05, 0.1) is 17.2 Å². The highest BCUT2D eigenvalue weighted by atomic mass is 32.2. The lowest BCUT2D eigenvalue weighted by Crippen LogP contribution is -2.26. The van der Waals surface area contributed by atoms with E-state index in [2.05, 4.69) is 11.4 Å². The number of rotatable bonds is 6. The molecule has 0 bridgehead atoms. The molecule has 0 saturated carbocycles. The number of alkyl halides is 3. The topological polar surface area (TPSA) is 52.9 Å². The zero-order valence-electron chi connectivity index (χ0n) is 13.1. The first-order chi connectivity index (χ1) is 11.9. The van der Waals surface area contributed by atoms with Gasteiger partial charge in [0.25, 0.3) is 5.91 Å². The summed E-state index contributed by atoms with van der Waals surface area (Å²) in [6.07, 6.45) is -4.47. The van der Waals surface area contributed by atoms with Crippen molar-refractivity contribution >= 4 is 17.7 Å². The monoisotopic (exact) mass is 364 g/mol. The Morgan fingerprint density at radius 2 is 1.92 bits per heavy atom. The average molecular weight is 364 g/mol. The fourth-order valence-corrected chi connectivity index (χ4v) is 2.98. The lowest BCUT2D eigenvalue weighted by molar-refractivity contribution is -0.137. The maximum absolute atomic E-state index is 12.6. The van der Waals surface area contributed by atoms with E-state index in [1.54, 1.807) is 12.1 Å². The molecule has 0 aliphatic carbocycles. The van der Waals surface area contributed by atoms with Crippen LogP contribution in [0.25, 0.3) is 0 Å². The first-order valence-electron chi connectivity index (χ1n) is 7.43. The SMILES string of the molecule is N#Cc1ccccc1CSCCNC(=O)c1cccc(C(F)(F)F)c1. The molecule has 0 unspecified atom stereocenters. The van der Waals surface area contributed by atoms with Gasteiger partial charge in [-0.1, -0.05) is 24.3 Å². The molecule has 0 heterocycles. The number of hydrogen-bond acceptors (Lipinski definition) is 3. The highest BCUT2D eigenvalue weighted by Gasteiger charge is 2.30. The van der Waals surface area contributed by atoms with Crippen LogP contribution in [-0.4, -0.2) is 18.2 Å². The Kier molecular flexibility index (Phi) is 6.48. The van der Waals surface area contributed by atoms with E-state index in [9.17, 15) is 18.0 Å². The van der Waals surface area contributed by atoms with Gasteiger partial charge in [-0.05, 0) is 29.8 Å². The van der Waals surface area contributed by atoms with Crippen molar-refractivity contribution in [3.63, 3.8) is 0 Å². The van der Waals surface area contributed by atoms with E-state index in [1.165, 1.54) is 23.9 Å². The molecule has 0 radical (unpaired) electrons. The molecule has 2 aromatic rings. The Hall–Kier alpha value is -2.46. The van der Waals surface area contributed by atoms with Crippen LogP contribution in [0.5, 0.6) is 0 Å². The summed E-state index contributed by atoms with van der Waals surface area (Å²) in [7, 11) is 0. The third kappa shape index (κ3) is 5.54. The maximum Gasteiger partial charge on any atom is 0.416 e. The summed E-state index contributed by atoms with van der Waals surface area (Å²) in [6.45, 7) is 0.328. The standard InChI is InChI=1S/C18H15F3N2OS/c19-18(20,21)16-7-3-6-13(10-16)17(24)23-8-9-25-12-15-5-2-1-4-14(15)11-22/h1-7,10H,8-9,12H2,(H,23,24). The number of carbonyl (C=O) groups is 1. The van der Waals surface area contributed by atoms with Crippen molar-refractivity contribution in [3.8, 4) is 6.07 Å². The van der Waals surface area contributed by atoms with E-state index in [1.807, 2.05) is 12.1 Å². The van der Waals surface area contributed by atoms with E-state index in [-0.39, 0.29) is 5.56 Å². The summed E-state index contributed by atoms with van der Waals surface area (Å²) < 4.78 is 37.9. The minimum absolute atomic E-state index is 0.0188. The molecule has 1 N–H and O–H groups in total. The van der Waals surface area contributed by atoms with Gasteiger partial charge >= 0.3 is 6.18 Å². The average Bonchev–Trinajstić information content (AvgIpc) is 2.61. The van der Waals surface area contributed by atoms with Gasteiger partial charge in [-0.25, -0.2) is 0 Å². The van der Waals surface area contributed by atoms with Gasteiger partial charge in [-0.15, -0.1) is 0 Å². The van der Waals surface area contributed by atoms with E-state index in [4.69, 9.17) is 5.26 Å². The Labute approximate surface area is 147 Å². The fourth-order valence-electron chi connectivity index (χ4n) is 2.11. The van der Waals surface area contributed by atoms with Crippen molar-refractivity contribution in [1.82, 2.24) is 5.32 Å². The Morgan fingerprint density at radius 1 is 1.16 bits per heavy atom. The highest BCUT2D eigenvalue weighted by molar-refractivity contribution is 7.98. The first-order valence-corrected chi connectivity index (χ1v) is 8.58. The number of halogens is 3. The molecule has 2 rings (SSSR count). The lowest BCUT2D eigenvalue weighted by atomic mass is 10.1. The van der Waals surface area contributed by atoms with Crippen molar-refractivity contribution in [3.05, 3.63) is 70.8 Å². The largest absolute Gasteiger partial charge is 0.416 e. The molecular formula is C18H15F3N2OS. The smallest absolute Gasteiger partial charge is 0.351 e. The molecule has 0 saturated heterocycles. The molecule has 0 atom stereocenters. The molecule has 7 heteroatoms. The summed E-state index contributed by atoms with van der Waals surface area (Å²) in [5.41, 5.74) is 0.666. The van der Waals surface area contributed by atoms with Crippen LogP contribution in [0.1, 0.15) is 27.0 Å². The van der Waals surface area contributed by atoms with Gasteiger partial charge in [0.2, 0.25) is 0 Å². The van der Waals surface area contributed by atoms with Crippen LogP contribution >= 0.6 is 11.8 Å². The lowest BCUT2D eigenvalue weighted by Gasteiger charge is -2.09. The van der Waals surface area contributed by atoms with Crippen molar-refractivity contribution in [1.29, 1.82) is 5.26 Å². The van der Waals surface area contributed by atoms with Crippen LogP contribution < -0.4 is 5.32 Å². The van der Waals surface area contributed by atoms with Crippen LogP contribution in [0.3, 0.4) is 0 Å². The zero-order valence-corrected chi connectivity index (χ0v) is 14.0. The van der Waals surface area contributed by atoms with Gasteiger partial charge in [0.15, 0.2) is 0 Å². The normalized spacial score (nSPS) is 11.0. The van der Waals surface area contributed by atoms with Crippen molar-refractivity contribution in [2.75, 3.05) is 12.3 Å². The minimum Gasteiger partial charge on any atom is -0.351 e. The van der Waals surface area contributed by atoms with Gasteiger partial charge in [0, 0.05) is 23.6 Å². The number of thioether (sulfide) groups is 1. The number of amides is 1. The van der Waals surface area contributed by atoms with Crippen molar-refractivity contribution < 1.29 is 18.0 Å². The van der Waals surface area contributed by atoms with E-state index in [0.29, 0.717) is 23.6 Å². The van der Waals surface area contributed by atoms with Gasteiger partial charge in [-0.2, -0.15) is 30.2 Å². The molecule has 1 amide bonds. The Balaban J connectivity index is 1.80. The van der Waals surface area contributed by atoms with Gasteiger partial charge in [0.1, 0.15) is 0 Å². The van der Waals surface area contributed by atoms with Gasteiger partial charge in [-0.3, -0.25) is 4.79 Å². The predicted molar refractivity (Wildman–Crippen MR) is 91.1 cm³/mol. The van der Waals surface area contributed by atoms with Crippen LogP contribution in [-0.2, 0) is 11.9 Å². The number of carbonyl (C=O) groups excluding carboxylic acids is 1. The van der Waals surface area contributed by atoms with E-state index >= 15 is 0 Å². The third-order valence-electron chi connectivity index (χ3n) is 3.38. The van der Waals surface area contributed by atoms with E-state index in [0.717, 1.165) is 17.7 Å². The number of nitriles is 1. The molecule has 3 nitrogen and oxygen atoms in total. The molecule has 2 aromatic carbocycles. The zero-order chi connectivity index (χ0) is 18.3. The second-order valence-electron chi connectivity index (χ2n) is 5.16. The molecular weight excluding hydrogens is 349 g/mol. The molecule has 0 aliphatic rings. The molecule has 0 fully saturated rings. The van der Waals surface area contributed by atoms with Crippen molar-refractivity contribution in [2.24, 2.45) is 0 Å². The minimum atomic E-state index is -4.47. The quantitative estimate of drug-likeness (QED) is 0.780.